The third-order valence-corrected chi connectivity index (χ3v) is 5.14. The van der Waals surface area contributed by atoms with Gasteiger partial charge in [-0.15, -0.1) is 15.3 Å². The molecule has 1 saturated heterocycles. The second kappa shape index (κ2) is 6.46. The zero-order valence-electron chi connectivity index (χ0n) is 15.1. The minimum absolute atomic E-state index is 0.395. The van der Waals surface area contributed by atoms with Crippen molar-refractivity contribution in [3.05, 3.63) is 54.1 Å². The van der Waals surface area contributed by atoms with Crippen molar-refractivity contribution in [1.82, 2.24) is 35.0 Å². The van der Waals surface area contributed by atoms with Gasteiger partial charge in [-0.3, -0.25) is 5.10 Å². The highest BCUT2D eigenvalue weighted by molar-refractivity contribution is 5.54. The van der Waals surface area contributed by atoms with Gasteiger partial charge in [-0.2, -0.15) is 9.61 Å². The van der Waals surface area contributed by atoms with Crippen molar-refractivity contribution < 1.29 is 0 Å². The maximum atomic E-state index is 4.73. The molecule has 8 nitrogen and oxygen atoms in total. The number of hydrogen-bond acceptors (Lipinski definition) is 6. The van der Waals surface area contributed by atoms with E-state index in [1.807, 2.05) is 49.4 Å². The fourth-order valence-corrected chi connectivity index (χ4v) is 3.61. The molecular formula is C19H20N8. The van der Waals surface area contributed by atoms with Crippen LogP contribution in [0.3, 0.4) is 0 Å². The van der Waals surface area contributed by atoms with E-state index in [9.17, 15) is 0 Å². The molecule has 1 aliphatic heterocycles. The molecule has 0 amide bonds. The summed E-state index contributed by atoms with van der Waals surface area (Å²) in [7, 11) is 0. The molecule has 4 heterocycles. The number of rotatable bonds is 3. The molecule has 1 aliphatic rings. The highest BCUT2D eigenvalue weighted by Crippen LogP contribution is 2.29. The van der Waals surface area contributed by atoms with Crippen molar-refractivity contribution in [3.8, 4) is 11.4 Å². The van der Waals surface area contributed by atoms with Crippen molar-refractivity contribution in [3.63, 3.8) is 0 Å². The Morgan fingerprint density at radius 2 is 1.81 bits per heavy atom. The van der Waals surface area contributed by atoms with Crippen molar-refractivity contribution in [1.29, 1.82) is 0 Å². The fourth-order valence-electron chi connectivity index (χ4n) is 3.61. The van der Waals surface area contributed by atoms with E-state index in [1.54, 1.807) is 4.52 Å². The van der Waals surface area contributed by atoms with Crippen LogP contribution in [0.5, 0.6) is 0 Å². The summed E-state index contributed by atoms with van der Waals surface area (Å²) in [5.41, 5.74) is 1.82. The van der Waals surface area contributed by atoms with Gasteiger partial charge < -0.3 is 4.90 Å². The number of aromatic nitrogens is 7. The number of nitrogens with one attached hydrogen (secondary N) is 1. The Morgan fingerprint density at radius 3 is 2.63 bits per heavy atom. The zero-order valence-corrected chi connectivity index (χ0v) is 15.1. The Bertz CT molecular complexity index is 1060. The number of H-pyrrole nitrogens is 1. The highest BCUT2D eigenvalue weighted by Gasteiger charge is 2.24. The first-order valence-corrected chi connectivity index (χ1v) is 9.20. The first-order chi connectivity index (χ1) is 13.3. The third kappa shape index (κ3) is 2.92. The Kier molecular flexibility index (Phi) is 3.81. The molecule has 8 heteroatoms. The van der Waals surface area contributed by atoms with Crippen molar-refractivity contribution in [2.24, 2.45) is 0 Å². The van der Waals surface area contributed by atoms with Gasteiger partial charge in [0.15, 0.2) is 17.3 Å². The molecule has 3 aromatic heterocycles. The van der Waals surface area contributed by atoms with Crippen LogP contribution >= 0.6 is 0 Å². The van der Waals surface area contributed by atoms with Gasteiger partial charge in [0.05, 0.1) is 0 Å². The molecule has 4 aromatic rings. The van der Waals surface area contributed by atoms with Crippen LogP contribution < -0.4 is 4.90 Å². The standard InChI is InChI=1S/C19H20N8/c1-13-21-22-16-7-8-17(25-27(13)16)26-11-9-15(10-12-26)19-20-18(23-24-19)14-5-3-2-4-6-14/h2-8,15H,9-12H2,1H3,(H,20,23,24). The summed E-state index contributed by atoms with van der Waals surface area (Å²) in [6, 6.07) is 14.1. The van der Waals surface area contributed by atoms with Crippen LogP contribution in [0.2, 0.25) is 0 Å². The van der Waals surface area contributed by atoms with Gasteiger partial charge in [0.2, 0.25) is 0 Å². The lowest BCUT2D eigenvalue weighted by molar-refractivity contribution is 0.483. The number of hydrogen-bond donors (Lipinski definition) is 1. The van der Waals surface area contributed by atoms with E-state index in [0.717, 1.165) is 60.4 Å². The minimum Gasteiger partial charge on any atom is -0.355 e. The number of aryl methyl sites for hydroxylation is 1. The number of nitrogens with zero attached hydrogens (tertiary/aromatic N) is 7. The Balaban J connectivity index is 1.30. The number of aromatic amines is 1. The van der Waals surface area contributed by atoms with Crippen molar-refractivity contribution >= 4 is 11.5 Å². The second-order valence-electron chi connectivity index (χ2n) is 6.88. The number of benzene rings is 1. The second-order valence-corrected chi connectivity index (χ2v) is 6.88. The number of piperidine rings is 1. The van der Waals surface area contributed by atoms with Crippen LogP contribution in [0.25, 0.3) is 17.0 Å². The molecule has 0 aliphatic carbocycles. The Hall–Kier alpha value is -3.29. The molecule has 0 unspecified atom stereocenters. The summed E-state index contributed by atoms with van der Waals surface area (Å²) in [5.74, 6) is 3.91. The van der Waals surface area contributed by atoms with E-state index < -0.39 is 0 Å². The lowest BCUT2D eigenvalue weighted by Gasteiger charge is -2.31. The molecule has 0 saturated carbocycles. The molecule has 0 bridgehead atoms. The SMILES string of the molecule is Cc1nnc2ccc(N3CCC(c4nc(-c5ccccc5)n[nH]4)CC3)nn12. The van der Waals surface area contributed by atoms with Gasteiger partial charge in [0.1, 0.15) is 11.6 Å². The minimum atomic E-state index is 0.395. The largest absolute Gasteiger partial charge is 0.355 e. The predicted molar refractivity (Wildman–Crippen MR) is 102 cm³/mol. The third-order valence-electron chi connectivity index (χ3n) is 5.14. The monoisotopic (exact) mass is 360 g/mol. The van der Waals surface area contributed by atoms with E-state index in [0.29, 0.717) is 5.92 Å². The van der Waals surface area contributed by atoms with Gasteiger partial charge >= 0.3 is 0 Å². The first kappa shape index (κ1) is 15.9. The topological polar surface area (TPSA) is 87.9 Å². The Labute approximate surface area is 156 Å². The van der Waals surface area contributed by atoms with Crippen LogP contribution in [0, 0.1) is 6.92 Å². The molecule has 1 aromatic carbocycles. The molecule has 27 heavy (non-hydrogen) atoms. The van der Waals surface area contributed by atoms with Gasteiger partial charge in [-0.05, 0) is 31.9 Å². The number of fused-ring (bicyclic) bond motifs is 1. The van der Waals surface area contributed by atoms with E-state index >= 15 is 0 Å². The summed E-state index contributed by atoms with van der Waals surface area (Å²) in [6.45, 7) is 3.79. The maximum Gasteiger partial charge on any atom is 0.181 e. The summed E-state index contributed by atoms with van der Waals surface area (Å²) in [6.07, 6.45) is 2.04. The van der Waals surface area contributed by atoms with E-state index in [-0.39, 0.29) is 0 Å². The van der Waals surface area contributed by atoms with Crippen LogP contribution in [0.15, 0.2) is 42.5 Å². The first-order valence-electron chi connectivity index (χ1n) is 9.20. The fraction of sp³-hybridized carbons (Fsp3) is 0.316. The highest BCUT2D eigenvalue weighted by atomic mass is 15.4. The maximum absolute atomic E-state index is 4.73. The van der Waals surface area contributed by atoms with Crippen molar-refractivity contribution in [2.45, 2.75) is 25.7 Å². The predicted octanol–water partition coefficient (Wildman–Crippen LogP) is 2.60. The molecular weight excluding hydrogens is 340 g/mol. The van der Waals surface area contributed by atoms with Gasteiger partial charge in [-0.1, -0.05) is 30.3 Å². The van der Waals surface area contributed by atoms with Crippen LogP contribution in [-0.2, 0) is 0 Å². The summed E-state index contributed by atoms with van der Waals surface area (Å²) in [5, 5.41) is 20.4. The van der Waals surface area contributed by atoms with Gasteiger partial charge in [-0.25, -0.2) is 4.98 Å². The molecule has 1 fully saturated rings. The van der Waals surface area contributed by atoms with Gasteiger partial charge in [0, 0.05) is 24.6 Å². The molecule has 0 radical (unpaired) electrons. The average Bonchev–Trinajstić information content (AvgIpc) is 3.36. The molecule has 5 rings (SSSR count). The molecule has 0 atom stereocenters. The molecule has 1 N–H and O–H groups in total. The Morgan fingerprint density at radius 1 is 1.00 bits per heavy atom. The van der Waals surface area contributed by atoms with Crippen LogP contribution in [-0.4, -0.2) is 48.1 Å². The summed E-state index contributed by atoms with van der Waals surface area (Å²) >= 11 is 0. The van der Waals surface area contributed by atoms with E-state index in [4.69, 9.17) is 4.98 Å². The van der Waals surface area contributed by atoms with Crippen LogP contribution in [0.4, 0.5) is 5.82 Å². The lowest BCUT2D eigenvalue weighted by Crippen LogP contribution is -2.34. The summed E-state index contributed by atoms with van der Waals surface area (Å²) < 4.78 is 1.80. The van der Waals surface area contributed by atoms with E-state index in [1.165, 1.54) is 0 Å². The van der Waals surface area contributed by atoms with Gasteiger partial charge in [0.25, 0.3) is 0 Å². The number of anilines is 1. The van der Waals surface area contributed by atoms with Crippen molar-refractivity contribution in [2.75, 3.05) is 18.0 Å². The summed E-state index contributed by atoms with van der Waals surface area (Å²) in [4.78, 5) is 7.04. The zero-order chi connectivity index (χ0) is 18.2. The molecule has 136 valence electrons. The van der Waals surface area contributed by atoms with E-state index in [2.05, 4.69) is 30.4 Å². The average molecular weight is 360 g/mol. The normalized spacial score (nSPS) is 15.5. The quantitative estimate of drug-likeness (QED) is 0.604. The molecule has 0 spiro atoms. The smallest absolute Gasteiger partial charge is 0.181 e. The lowest BCUT2D eigenvalue weighted by atomic mass is 9.96. The van der Waals surface area contributed by atoms with Crippen LogP contribution in [0.1, 0.15) is 30.4 Å².